The Morgan fingerprint density at radius 2 is 1.07 bits per heavy atom. The highest BCUT2D eigenvalue weighted by Gasteiger charge is 2.50. The summed E-state index contributed by atoms with van der Waals surface area (Å²) in [6.45, 7) is 0. The summed E-state index contributed by atoms with van der Waals surface area (Å²) in [6.07, 6.45) is 6.82. The van der Waals surface area contributed by atoms with Gasteiger partial charge in [0.1, 0.15) is 0 Å². The van der Waals surface area contributed by atoms with Crippen molar-refractivity contribution in [3.8, 4) is 0 Å². The van der Waals surface area contributed by atoms with Crippen LogP contribution in [0.2, 0.25) is 5.02 Å². The Morgan fingerprint density at radius 3 is 1.48 bits per heavy atom. The number of hydrogen-bond donors (Lipinski definition) is 0. The van der Waals surface area contributed by atoms with Crippen LogP contribution in [0.4, 0.5) is 11.4 Å². The van der Waals surface area contributed by atoms with Gasteiger partial charge in [-0.1, -0.05) is 37.3 Å². The molecule has 0 unspecified atom stereocenters. The van der Waals surface area contributed by atoms with Gasteiger partial charge in [-0.3, -0.25) is 24.1 Å². The lowest BCUT2D eigenvalue weighted by molar-refractivity contribution is -0.124. The van der Waals surface area contributed by atoms with Crippen molar-refractivity contribution in [2.45, 2.75) is 51.4 Å². The minimum absolute atomic E-state index is 0.164. The number of benzene rings is 1. The third-order valence-corrected chi connectivity index (χ3v) is 7.42. The van der Waals surface area contributed by atoms with Crippen LogP contribution in [-0.2, 0) is 19.2 Å². The summed E-state index contributed by atoms with van der Waals surface area (Å²) in [5.41, 5.74) is 0.760. The van der Waals surface area contributed by atoms with Crippen LogP contribution in [0.1, 0.15) is 51.4 Å². The lowest BCUT2D eigenvalue weighted by Crippen LogP contribution is -2.32. The van der Waals surface area contributed by atoms with Crippen LogP contribution in [0.25, 0.3) is 0 Å². The van der Waals surface area contributed by atoms with Crippen LogP contribution in [-0.4, -0.2) is 23.6 Å². The molecule has 0 radical (unpaired) electrons. The molecule has 2 saturated heterocycles. The van der Waals surface area contributed by atoms with Crippen molar-refractivity contribution in [2.75, 3.05) is 9.80 Å². The van der Waals surface area contributed by atoms with Gasteiger partial charge in [0.05, 0.1) is 40.1 Å². The number of anilines is 2. The highest BCUT2D eigenvalue weighted by molar-refractivity contribution is 6.36. The Kier molecular flexibility index (Phi) is 4.50. The minimum Gasteiger partial charge on any atom is -0.274 e. The number of rotatable bonds is 2. The van der Waals surface area contributed by atoms with Gasteiger partial charge in [-0.05, 0) is 43.9 Å². The van der Waals surface area contributed by atoms with Crippen LogP contribution >= 0.6 is 11.6 Å². The molecule has 5 rings (SSSR count). The van der Waals surface area contributed by atoms with Gasteiger partial charge in [-0.2, -0.15) is 0 Å². The number of imide groups is 2. The summed E-state index contributed by atoms with van der Waals surface area (Å²) in [7, 11) is 0. The monoisotopic (exact) mass is 414 g/mol. The predicted octanol–water partition coefficient (Wildman–Crippen LogP) is 3.70. The number of hydrogen-bond acceptors (Lipinski definition) is 4. The molecule has 4 amide bonds. The van der Waals surface area contributed by atoms with E-state index in [-0.39, 0.29) is 52.3 Å². The van der Waals surface area contributed by atoms with Crippen molar-refractivity contribution in [1.82, 2.24) is 0 Å². The van der Waals surface area contributed by atoms with Gasteiger partial charge in [-0.25, -0.2) is 4.90 Å². The Morgan fingerprint density at radius 1 is 0.655 bits per heavy atom. The van der Waals surface area contributed by atoms with Gasteiger partial charge >= 0.3 is 0 Å². The van der Waals surface area contributed by atoms with Gasteiger partial charge in [0.2, 0.25) is 23.6 Å². The molecule has 2 saturated carbocycles. The number of carbonyl (C=O) groups excluding carboxylic acids is 4. The molecule has 6 nitrogen and oxygen atoms in total. The average Bonchev–Trinajstić information content (AvgIpc) is 3.14. The molecular weight excluding hydrogens is 392 g/mol. The maximum atomic E-state index is 12.8. The van der Waals surface area contributed by atoms with E-state index in [0.29, 0.717) is 11.4 Å². The quantitative estimate of drug-likeness (QED) is 0.691. The van der Waals surface area contributed by atoms with E-state index in [2.05, 4.69) is 0 Å². The standard InChI is InChI=1S/C22H23ClN2O4/c23-17-11-12(24-19(26)13-5-1-2-6-14(13)20(24)27)9-10-18(17)25-21(28)15-7-3-4-8-16(15)22(25)29/h9-11,13-16H,1-8H2/t13-,14-,15-,16+/m1/s1. The fraction of sp³-hybridized carbons (Fsp3) is 0.545. The second-order valence-electron chi connectivity index (χ2n) is 8.65. The predicted molar refractivity (Wildman–Crippen MR) is 107 cm³/mol. The third-order valence-electron chi connectivity index (χ3n) is 7.11. The van der Waals surface area contributed by atoms with Gasteiger partial charge in [0.25, 0.3) is 0 Å². The smallest absolute Gasteiger partial charge is 0.237 e. The Bertz CT molecular complexity index is 881. The first-order chi connectivity index (χ1) is 14.0. The van der Waals surface area contributed by atoms with Gasteiger partial charge < -0.3 is 0 Å². The summed E-state index contributed by atoms with van der Waals surface area (Å²) in [5, 5.41) is 0.207. The fourth-order valence-electron chi connectivity index (χ4n) is 5.63. The van der Waals surface area contributed by atoms with Crippen LogP contribution in [0.3, 0.4) is 0 Å². The lowest BCUT2D eigenvalue weighted by Gasteiger charge is -2.20. The van der Waals surface area contributed by atoms with Gasteiger partial charge in [0, 0.05) is 0 Å². The summed E-state index contributed by atoms with van der Waals surface area (Å²) < 4.78 is 0. The largest absolute Gasteiger partial charge is 0.274 e. The number of amides is 4. The summed E-state index contributed by atoms with van der Waals surface area (Å²) in [6, 6.07) is 4.75. The number of halogens is 1. The molecule has 4 aliphatic rings. The molecule has 7 heteroatoms. The molecule has 0 spiro atoms. The molecule has 4 atom stereocenters. The first-order valence-electron chi connectivity index (χ1n) is 10.5. The molecule has 2 aliphatic heterocycles. The molecule has 1 aromatic carbocycles. The van der Waals surface area contributed by atoms with Crippen LogP contribution in [0.15, 0.2) is 18.2 Å². The normalized spacial score (nSPS) is 32.0. The van der Waals surface area contributed by atoms with Crippen LogP contribution < -0.4 is 9.80 Å². The average molecular weight is 415 g/mol. The number of nitrogens with zero attached hydrogens (tertiary/aromatic N) is 2. The van der Waals surface area contributed by atoms with Crippen molar-refractivity contribution in [3.05, 3.63) is 23.2 Å². The van der Waals surface area contributed by atoms with E-state index in [1.807, 2.05) is 0 Å². The van der Waals surface area contributed by atoms with Crippen molar-refractivity contribution in [1.29, 1.82) is 0 Å². The van der Waals surface area contributed by atoms with Crippen molar-refractivity contribution in [3.63, 3.8) is 0 Å². The summed E-state index contributed by atoms with van der Waals surface area (Å²) >= 11 is 6.47. The second kappa shape index (κ2) is 6.94. The van der Waals surface area contributed by atoms with E-state index >= 15 is 0 Å². The highest BCUT2D eigenvalue weighted by atomic mass is 35.5. The zero-order valence-electron chi connectivity index (χ0n) is 16.1. The fourth-order valence-corrected chi connectivity index (χ4v) is 5.89. The molecule has 0 aromatic heterocycles. The van der Waals surface area contributed by atoms with Crippen LogP contribution in [0, 0.1) is 23.7 Å². The highest BCUT2D eigenvalue weighted by Crippen LogP contribution is 2.44. The van der Waals surface area contributed by atoms with Crippen molar-refractivity contribution >= 4 is 46.6 Å². The van der Waals surface area contributed by atoms with E-state index < -0.39 is 0 Å². The Balaban J connectivity index is 1.45. The molecule has 0 bridgehead atoms. The zero-order chi connectivity index (χ0) is 20.3. The Hall–Kier alpha value is -2.21. The number of fused-ring (bicyclic) bond motifs is 2. The lowest BCUT2D eigenvalue weighted by atomic mass is 9.81. The van der Waals surface area contributed by atoms with E-state index in [9.17, 15) is 19.2 Å². The van der Waals surface area contributed by atoms with Gasteiger partial charge in [-0.15, -0.1) is 0 Å². The van der Waals surface area contributed by atoms with Crippen molar-refractivity contribution in [2.24, 2.45) is 23.7 Å². The van der Waals surface area contributed by atoms with E-state index in [0.717, 1.165) is 51.4 Å². The van der Waals surface area contributed by atoms with Gasteiger partial charge in [0.15, 0.2) is 0 Å². The Labute approximate surface area is 174 Å². The number of carbonyl (C=O) groups is 4. The molecule has 2 heterocycles. The summed E-state index contributed by atoms with van der Waals surface area (Å²) in [5.74, 6) is -1.68. The van der Waals surface area contributed by atoms with E-state index in [1.54, 1.807) is 12.1 Å². The van der Waals surface area contributed by atoms with Crippen LogP contribution in [0.5, 0.6) is 0 Å². The maximum Gasteiger partial charge on any atom is 0.237 e. The first kappa shape index (κ1) is 18.8. The summed E-state index contributed by atoms with van der Waals surface area (Å²) in [4.78, 5) is 53.8. The topological polar surface area (TPSA) is 74.8 Å². The molecule has 1 aromatic rings. The molecular formula is C22H23ClN2O4. The minimum atomic E-state index is -0.253. The molecule has 2 aliphatic carbocycles. The van der Waals surface area contributed by atoms with E-state index in [1.165, 1.54) is 15.9 Å². The molecule has 29 heavy (non-hydrogen) atoms. The second-order valence-corrected chi connectivity index (χ2v) is 9.06. The third kappa shape index (κ3) is 2.75. The van der Waals surface area contributed by atoms with Crippen molar-refractivity contribution < 1.29 is 19.2 Å². The molecule has 0 N–H and O–H groups in total. The molecule has 152 valence electrons. The van der Waals surface area contributed by atoms with E-state index in [4.69, 9.17) is 11.6 Å². The first-order valence-corrected chi connectivity index (χ1v) is 10.9. The zero-order valence-corrected chi connectivity index (χ0v) is 16.9. The SMILES string of the molecule is O=C1[C@@H]2CCCC[C@H]2C(=O)N1c1ccc(N2C(=O)[C@H]3CCCC[C@H]3C2=O)c(Cl)c1. The maximum absolute atomic E-state index is 12.8. The molecule has 4 fully saturated rings.